The third-order valence-electron chi connectivity index (χ3n) is 3.29. The monoisotopic (exact) mass is 363 g/mol. The molecular weight excluding hydrogens is 342 g/mol. The summed E-state index contributed by atoms with van der Waals surface area (Å²) in [7, 11) is 0. The van der Waals surface area contributed by atoms with Crippen LogP contribution in [0.5, 0.6) is 17.2 Å². The zero-order valence-corrected chi connectivity index (χ0v) is 15.3. The maximum atomic E-state index is 12.3. The number of carbonyl (C=O) groups excluding carboxylic acids is 1. The molecule has 1 N–H and O–H groups in total. The van der Waals surface area contributed by atoms with Crippen molar-refractivity contribution in [3.8, 4) is 17.2 Å². The highest BCUT2D eigenvalue weighted by Gasteiger charge is 2.16. The lowest BCUT2D eigenvalue weighted by molar-refractivity contribution is -0.122. The Bertz CT molecular complexity index is 720. The van der Waals surface area contributed by atoms with Gasteiger partial charge in [-0.25, -0.2) is 0 Å². The maximum absolute atomic E-state index is 12.3. The fraction of sp³-hybridized carbons (Fsp3) is 0.316. The van der Waals surface area contributed by atoms with Crippen LogP contribution >= 0.6 is 11.6 Å². The lowest BCUT2D eigenvalue weighted by atomic mass is 10.2. The molecule has 2 aromatic carbocycles. The minimum Gasteiger partial charge on any atom is -0.490 e. The van der Waals surface area contributed by atoms with Gasteiger partial charge in [-0.1, -0.05) is 17.7 Å². The molecule has 1 unspecified atom stereocenters. The summed E-state index contributed by atoms with van der Waals surface area (Å²) in [6.07, 6.45) is -0.680. The van der Waals surface area contributed by atoms with Gasteiger partial charge in [-0.05, 0) is 51.1 Å². The molecule has 0 saturated heterocycles. The number of benzene rings is 2. The van der Waals surface area contributed by atoms with Gasteiger partial charge < -0.3 is 19.5 Å². The molecule has 0 aliphatic heterocycles. The Balaban J connectivity index is 2.04. The van der Waals surface area contributed by atoms with Crippen LogP contribution in [0.4, 0.5) is 5.69 Å². The molecule has 2 aromatic rings. The first-order valence-electron chi connectivity index (χ1n) is 8.16. The number of hydrogen-bond acceptors (Lipinski definition) is 4. The van der Waals surface area contributed by atoms with Gasteiger partial charge in [0.15, 0.2) is 17.6 Å². The highest BCUT2D eigenvalue weighted by Crippen LogP contribution is 2.30. The van der Waals surface area contributed by atoms with Crippen LogP contribution in [0.1, 0.15) is 20.8 Å². The SMILES string of the molecule is CCOc1ccc(NC(=O)C(C)Oc2cccc(Cl)c2)cc1OCC. The number of nitrogens with one attached hydrogen (secondary N) is 1. The molecule has 0 aliphatic carbocycles. The fourth-order valence-electron chi connectivity index (χ4n) is 2.17. The van der Waals surface area contributed by atoms with E-state index in [1.807, 2.05) is 13.8 Å². The van der Waals surface area contributed by atoms with E-state index in [1.165, 1.54) is 0 Å². The Morgan fingerprint density at radius 2 is 1.80 bits per heavy atom. The highest BCUT2D eigenvalue weighted by atomic mass is 35.5. The average molecular weight is 364 g/mol. The van der Waals surface area contributed by atoms with Crippen LogP contribution in [-0.2, 0) is 4.79 Å². The molecule has 2 rings (SSSR count). The molecule has 6 heteroatoms. The van der Waals surface area contributed by atoms with Crippen molar-refractivity contribution in [2.75, 3.05) is 18.5 Å². The van der Waals surface area contributed by atoms with Gasteiger partial charge in [-0.15, -0.1) is 0 Å². The second-order valence-corrected chi connectivity index (χ2v) is 5.67. The van der Waals surface area contributed by atoms with Gasteiger partial charge in [0.2, 0.25) is 0 Å². The van der Waals surface area contributed by atoms with Crippen molar-refractivity contribution in [3.05, 3.63) is 47.5 Å². The summed E-state index contributed by atoms with van der Waals surface area (Å²) in [4.78, 5) is 12.3. The van der Waals surface area contributed by atoms with E-state index in [1.54, 1.807) is 49.4 Å². The molecule has 0 spiro atoms. The largest absolute Gasteiger partial charge is 0.490 e. The molecule has 1 amide bonds. The van der Waals surface area contributed by atoms with Crippen LogP contribution < -0.4 is 19.5 Å². The zero-order chi connectivity index (χ0) is 18.2. The van der Waals surface area contributed by atoms with Gasteiger partial charge in [0.05, 0.1) is 13.2 Å². The molecule has 0 bridgehead atoms. The van der Waals surface area contributed by atoms with Crippen molar-refractivity contribution in [1.29, 1.82) is 0 Å². The molecule has 0 radical (unpaired) electrons. The first-order valence-corrected chi connectivity index (χ1v) is 8.54. The number of amides is 1. The van der Waals surface area contributed by atoms with Gasteiger partial charge in [-0.2, -0.15) is 0 Å². The second kappa shape index (κ2) is 9.18. The van der Waals surface area contributed by atoms with E-state index in [0.717, 1.165) is 0 Å². The molecule has 0 fully saturated rings. The van der Waals surface area contributed by atoms with Crippen LogP contribution in [0.3, 0.4) is 0 Å². The Kier molecular flexibility index (Phi) is 6.95. The van der Waals surface area contributed by atoms with Gasteiger partial charge in [0, 0.05) is 16.8 Å². The fourth-order valence-corrected chi connectivity index (χ4v) is 2.35. The van der Waals surface area contributed by atoms with Crippen molar-refractivity contribution >= 4 is 23.2 Å². The van der Waals surface area contributed by atoms with Crippen LogP contribution in [0.15, 0.2) is 42.5 Å². The smallest absolute Gasteiger partial charge is 0.265 e. The first-order chi connectivity index (χ1) is 12.0. The minimum absolute atomic E-state index is 0.272. The molecule has 0 aromatic heterocycles. The van der Waals surface area contributed by atoms with E-state index in [9.17, 15) is 4.79 Å². The van der Waals surface area contributed by atoms with E-state index in [-0.39, 0.29) is 5.91 Å². The number of anilines is 1. The summed E-state index contributed by atoms with van der Waals surface area (Å²) in [5, 5.41) is 3.37. The van der Waals surface area contributed by atoms with Crippen molar-refractivity contribution in [3.63, 3.8) is 0 Å². The minimum atomic E-state index is -0.680. The van der Waals surface area contributed by atoms with Crippen LogP contribution in [0.25, 0.3) is 0 Å². The van der Waals surface area contributed by atoms with E-state index in [4.69, 9.17) is 25.8 Å². The highest BCUT2D eigenvalue weighted by molar-refractivity contribution is 6.30. The molecule has 0 aliphatic rings. The number of hydrogen-bond donors (Lipinski definition) is 1. The molecule has 1 atom stereocenters. The lowest BCUT2D eigenvalue weighted by Gasteiger charge is -2.16. The van der Waals surface area contributed by atoms with E-state index >= 15 is 0 Å². The Morgan fingerprint density at radius 1 is 1.08 bits per heavy atom. The summed E-state index contributed by atoms with van der Waals surface area (Å²) in [6, 6.07) is 12.2. The lowest BCUT2D eigenvalue weighted by Crippen LogP contribution is -2.30. The topological polar surface area (TPSA) is 56.8 Å². The number of ether oxygens (including phenoxy) is 3. The summed E-state index contributed by atoms with van der Waals surface area (Å²) < 4.78 is 16.7. The summed E-state index contributed by atoms with van der Waals surface area (Å²) >= 11 is 5.92. The number of carbonyl (C=O) groups is 1. The molecule has 25 heavy (non-hydrogen) atoms. The molecule has 134 valence electrons. The number of rotatable bonds is 8. The quantitative estimate of drug-likeness (QED) is 0.747. The van der Waals surface area contributed by atoms with Crippen molar-refractivity contribution < 1.29 is 19.0 Å². The van der Waals surface area contributed by atoms with Gasteiger partial charge in [-0.3, -0.25) is 4.79 Å². The molecular formula is C19H22ClNO4. The predicted molar refractivity (Wildman–Crippen MR) is 99.0 cm³/mol. The summed E-state index contributed by atoms with van der Waals surface area (Å²) in [5.41, 5.74) is 0.610. The van der Waals surface area contributed by atoms with Crippen LogP contribution in [0, 0.1) is 0 Å². The Morgan fingerprint density at radius 3 is 2.48 bits per heavy atom. The summed E-state index contributed by atoms with van der Waals surface area (Å²) in [6.45, 7) is 6.51. The third kappa shape index (κ3) is 5.57. The molecule has 5 nitrogen and oxygen atoms in total. The van der Waals surface area contributed by atoms with E-state index < -0.39 is 6.10 Å². The summed E-state index contributed by atoms with van der Waals surface area (Å²) in [5.74, 6) is 1.50. The van der Waals surface area contributed by atoms with Crippen molar-refractivity contribution in [2.24, 2.45) is 0 Å². The van der Waals surface area contributed by atoms with Gasteiger partial charge in [0.25, 0.3) is 5.91 Å². The standard InChI is InChI=1S/C19H22ClNO4/c1-4-23-17-10-9-15(12-18(17)24-5-2)21-19(22)13(3)25-16-8-6-7-14(20)11-16/h6-13H,4-5H2,1-3H3,(H,21,22). The van der Waals surface area contributed by atoms with Crippen LogP contribution in [0.2, 0.25) is 5.02 Å². The molecule has 0 heterocycles. The average Bonchev–Trinajstić information content (AvgIpc) is 2.57. The van der Waals surface area contributed by atoms with Gasteiger partial charge in [0.1, 0.15) is 5.75 Å². The zero-order valence-electron chi connectivity index (χ0n) is 14.5. The normalized spacial score (nSPS) is 11.5. The first kappa shape index (κ1) is 18.9. The van der Waals surface area contributed by atoms with E-state index in [0.29, 0.717) is 41.2 Å². The van der Waals surface area contributed by atoms with Gasteiger partial charge >= 0.3 is 0 Å². The second-order valence-electron chi connectivity index (χ2n) is 5.23. The number of halogens is 1. The van der Waals surface area contributed by atoms with E-state index in [2.05, 4.69) is 5.32 Å². The predicted octanol–water partition coefficient (Wildman–Crippen LogP) is 4.54. The Labute approximate surface area is 152 Å². The maximum Gasteiger partial charge on any atom is 0.265 e. The van der Waals surface area contributed by atoms with Crippen molar-refractivity contribution in [2.45, 2.75) is 26.9 Å². The van der Waals surface area contributed by atoms with Crippen molar-refractivity contribution in [1.82, 2.24) is 0 Å². The van der Waals surface area contributed by atoms with Crippen LogP contribution in [-0.4, -0.2) is 25.2 Å². The Hall–Kier alpha value is -2.40. The molecule has 0 saturated carbocycles. The third-order valence-corrected chi connectivity index (χ3v) is 3.52.